The van der Waals surface area contributed by atoms with Crippen LogP contribution in [0, 0.1) is 0 Å². The van der Waals surface area contributed by atoms with Crippen molar-refractivity contribution in [1.29, 1.82) is 0 Å². The molecule has 4 nitrogen and oxygen atoms in total. The van der Waals surface area contributed by atoms with Gasteiger partial charge in [-0.2, -0.15) is 0 Å². The van der Waals surface area contributed by atoms with Gasteiger partial charge in [-0.15, -0.1) is 0 Å². The summed E-state index contributed by atoms with van der Waals surface area (Å²) < 4.78 is 0. The third-order valence-electron chi connectivity index (χ3n) is 1.71. The maximum atomic E-state index is 11.0. The Labute approximate surface area is 89.4 Å². The second kappa shape index (κ2) is 4.18. The van der Waals surface area contributed by atoms with Gasteiger partial charge in [-0.25, -0.2) is 4.79 Å². The Balaban J connectivity index is 2.33. The van der Waals surface area contributed by atoms with Crippen molar-refractivity contribution < 1.29 is 0 Å². The topological polar surface area (TPSA) is 65.7 Å². The molecular formula is C10H8N2O2S. The molecular weight excluding hydrogens is 212 g/mol. The van der Waals surface area contributed by atoms with Crippen LogP contribution in [0.5, 0.6) is 0 Å². The van der Waals surface area contributed by atoms with Gasteiger partial charge in [-0.3, -0.25) is 9.78 Å². The number of benzene rings is 1. The minimum Gasteiger partial charge on any atom is -0.302 e. The van der Waals surface area contributed by atoms with Crippen LogP contribution in [0.3, 0.4) is 0 Å². The van der Waals surface area contributed by atoms with E-state index in [0.717, 1.165) is 4.90 Å². The molecule has 0 amide bonds. The minimum absolute atomic E-state index is 0.391. The van der Waals surface area contributed by atoms with Crippen LogP contribution < -0.4 is 11.2 Å². The van der Waals surface area contributed by atoms with Crippen LogP contribution in [0.2, 0.25) is 0 Å². The van der Waals surface area contributed by atoms with E-state index < -0.39 is 11.2 Å². The van der Waals surface area contributed by atoms with Gasteiger partial charge in [-0.05, 0) is 12.1 Å². The van der Waals surface area contributed by atoms with Crippen molar-refractivity contribution in [1.82, 2.24) is 9.97 Å². The smallest absolute Gasteiger partial charge is 0.302 e. The normalized spacial score (nSPS) is 10.1. The molecule has 1 aromatic heterocycles. The van der Waals surface area contributed by atoms with Crippen LogP contribution in [0.1, 0.15) is 0 Å². The molecule has 0 aliphatic rings. The summed E-state index contributed by atoms with van der Waals surface area (Å²) in [4.78, 5) is 27.6. The second-order valence-electron chi connectivity index (χ2n) is 2.87. The van der Waals surface area contributed by atoms with E-state index in [1.165, 1.54) is 17.8 Å². The summed E-state index contributed by atoms with van der Waals surface area (Å²) in [7, 11) is 0. The van der Waals surface area contributed by atoms with Crippen LogP contribution in [-0.4, -0.2) is 9.97 Å². The molecule has 2 aromatic rings. The first-order valence-corrected chi connectivity index (χ1v) is 5.12. The number of aromatic nitrogens is 2. The molecule has 1 aromatic carbocycles. The lowest BCUT2D eigenvalue weighted by Crippen LogP contribution is -2.21. The fourth-order valence-electron chi connectivity index (χ4n) is 1.12. The minimum atomic E-state index is -0.485. The lowest BCUT2D eigenvalue weighted by atomic mass is 10.4. The quantitative estimate of drug-likeness (QED) is 0.748. The number of aromatic amines is 2. The molecule has 0 aliphatic carbocycles. The molecule has 0 unspecified atom stereocenters. The molecule has 2 N–H and O–H groups in total. The van der Waals surface area contributed by atoms with E-state index in [1.807, 2.05) is 30.3 Å². The molecule has 0 bridgehead atoms. The third-order valence-corrected chi connectivity index (χ3v) is 2.65. The molecule has 1 heterocycles. The number of H-pyrrole nitrogens is 2. The Morgan fingerprint density at radius 1 is 1.00 bits per heavy atom. The van der Waals surface area contributed by atoms with Gasteiger partial charge < -0.3 is 4.98 Å². The highest BCUT2D eigenvalue weighted by Crippen LogP contribution is 2.23. The number of hydrogen-bond acceptors (Lipinski definition) is 3. The Morgan fingerprint density at radius 2 is 1.73 bits per heavy atom. The lowest BCUT2D eigenvalue weighted by molar-refractivity contribution is 0.950. The van der Waals surface area contributed by atoms with Gasteiger partial charge in [0.05, 0.1) is 5.03 Å². The Bertz CT molecular complexity index is 531. The number of hydrogen-bond donors (Lipinski definition) is 2. The molecule has 0 aliphatic heterocycles. The van der Waals surface area contributed by atoms with Crippen molar-refractivity contribution in [2.45, 2.75) is 9.92 Å². The Morgan fingerprint density at radius 3 is 2.40 bits per heavy atom. The Kier molecular flexibility index (Phi) is 2.73. The van der Waals surface area contributed by atoms with Gasteiger partial charge >= 0.3 is 5.69 Å². The summed E-state index contributed by atoms with van der Waals surface area (Å²) in [5, 5.41) is 0.537. The van der Waals surface area contributed by atoms with E-state index in [0.29, 0.717) is 5.03 Å². The van der Waals surface area contributed by atoms with Crippen molar-refractivity contribution >= 4 is 11.8 Å². The monoisotopic (exact) mass is 220 g/mol. The molecule has 5 heteroatoms. The number of rotatable bonds is 2. The molecule has 15 heavy (non-hydrogen) atoms. The summed E-state index contributed by atoms with van der Waals surface area (Å²) in [5.41, 5.74) is -0.877. The van der Waals surface area contributed by atoms with Gasteiger partial charge in [0.1, 0.15) is 0 Å². The standard InChI is InChI=1S/C10H8N2O2S/c13-8-6-9(12-10(14)11-8)15-7-4-2-1-3-5-7/h1-6H,(H2,11,12,13,14). The zero-order valence-electron chi connectivity index (χ0n) is 7.69. The van der Waals surface area contributed by atoms with Crippen molar-refractivity contribution in [3.63, 3.8) is 0 Å². The average molecular weight is 220 g/mol. The van der Waals surface area contributed by atoms with Crippen molar-refractivity contribution in [3.05, 3.63) is 57.2 Å². The molecule has 0 radical (unpaired) electrons. The first-order valence-electron chi connectivity index (χ1n) is 4.30. The van der Waals surface area contributed by atoms with Gasteiger partial charge in [0, 0.05) is 11.0 Å². The summed E-state index contributed by atoms with van der Waals surface area (Å²) in [6.45, 7) is 0. The summed E-state index contributed by atoms with van der Waals surface area (Å²) >= 11 is 1.34. The first-order chi connectivity index (χ1) is 7.24. The predicted molar refractivity (Wildman–Crippen MR) is 58.2 cm³/mol. The van der Waals surface area contributed by atoms with Crippen molar-refractivity contribution in [3.8, 4) is 0 Å². The average Bonchev–Trinajstić information content (AvgIpc) is 2.17. The highest BCUT2D eigenvalue weighted by Gasteiger charge is 1.98. The highest BCUT2D eigenvalue weighted by atomic mass is 32.2. The molecule has 0 atom stereocenters. The Hall–Kier alpha value is -1.75. The van der Waals surface area contributed by atoms with Crippen molar-refractivity contribution in [2.75, 3.05) is 0 Å². The molecule has 76 valence electrons. The van der Waals surface area contributed by atoms with Gasteiger partial charge in [0.25, 0.3) is 5.56 Å². The molecule has 2 rings (SSSR count). The van der Waals surface area contributed by atoms with Gasteiger partial charge in [0.2, 0.25) is 0 Å². The van der Waals surface area contributed by atoms with E-state index in [4.69, 9.17) is 0 Å². The number of nitrogens with one attached hydrogen (secondary N) is 2. The fourth-order valence-corrected chi connectivity index (χ4v) is 1.97. The van der Waals surface area contributed by atoms with Gasteiger partial charge in [0.15, 0.2) is 0 Å². The zero-order valence-corrected chi connectivity index (χ0v) is 8.51. The van der Waals surface area contributed by atoms with E-state index in [9.17, 15) is 9.59 Å². The van der Waals surface area contributed by atoms with E-state index >= 15 is 0 Å². The third kappa shape index (κ3) is 2.60. The summed E-state index contributed by atoms with van der Waals surface area (Å²) in [6.07, 6.45) is 0. The predicted octanol–water partition coefficient (Wildman–Crippen LogP) is 1.21. The van der Waals surface area contributed by atoms with Crippen molar-refractivity contribution in [2.24, 2.45) is 0 Å². The van der Waals surface area contributed by atoms with E-state index in [-0.39, 0.29) is 0 Å². The van der Waals surface area contributed by atoms with Crippen LogP contribution in [0.4, 0.5) is 0 Å². The maximum absolute atomic E-state index is 11.0. The van der Waals surface area contributed by atoms with Crippen LogP contribution in [0.25, 0.3) is 0 Å². The second-order valence-corrected chi connectivity index (χ2v) is 3.98. The first kappa shape index (κ1) is 9.79. The van der Waals surface area contributed by atoms with Gasteiger partial charge in [-0.1, -0.05) is 30.0 Å². The summed E-state index contributed by atoms with van der Waals surface area (Å²) in [5.74, 6) is 0. The molecule has 0 fully saturated rings. The molecule has 0 saturated heterocycles. The zero-order chi connectivity index (χ0) is 10.7. The van der Waals surface area contributed by atoms with Crippen LogP contribution >= 0.6 is 11.8 Å². The largest absolute Gasteiger partial charge is 0.326 e. The maximum Gasteiger partial charge on any atom is 0.326 e. The fraction of sp³-hybridized carbons (Fsp3) is 0. The summed E-state index contributed by atoms with van der Waals surface area (Å²) in [6, 6.07) is 10.9. The molecule has 0 spiro atoms. The van der Waals surface area contributed by atoms with Crippen LogP contribution in [-0.2, 0) is 0 Å². The SMILES string of the molecule is O=c1cc(Sc2ccccc2)[nH]c(=O)[nH]1. The molecule has 0 saturated carbocycles. The van der Waals surface area contributed by atoms with E-state index in [1.54, 1.807) is 0 Å². The van der Waals surface area contributed by atoms with E-state index in [2.05, 4.69) is 9.97 Å². The van der Waals surface area contributed by atoms with Crippen LogP contribution in [0.15, 0.2) is 55.9 Å². The lowest BCUT2D eigenvalue weighted by Gasteiger charge is -1.99. The highest BCUT2D eigenvalue weighted by molar-refractivity contribution is 7.99.